The van der Waals surface area contributed by atoms with Crippen molar-refractivity contribution in [1.82, 2.24) is 0 Å². The van der Waals surface area contributed by atoms with Gasteiger partial charge in [-0.1, -0.05) is 70.4 Å². The molecular formula is C18H35IO2. The zero-order valence-corrected chi connectivity index (χ0v) is 16.1. The molecule has 0 aliphatic carbocycles. The Hall–Kier alpha value is -0.0600. The third-order valence-corrected chi connectivity index (χ3v) is 3.65. The summed E-state index contributed by atoms with van der Waals surface area (Å²) in [4.78, 5) is 10.3. The predicted molar refractivity (Wildman–Crippen MR) is 103 cm³/mol. The summed E-state index contributed by atoms with van der Waals surface area (Å²) in [5.74, 6) is -0.664. The van der Waals surface area contributed by atoms with Crippen LogP contribution in [0.2, 0.25) is 0 Å². The van der Waals surface area contributed by atoms with Crippen LogP contribution in [0.25, 0.3) is 0 Å². The van der Waals surface area contributed by atoms with Crippen LogP contribution in [-0.4, -0.2) is 11.1 Å². The Kier molecular flexibility index (Phi) is 22.0. The quantitative estimate of drug-likeness (QED) is 0.185. The topological polar surface area (TPSA) is 37.3 Å². The Labute approximate surface area is 148 Å². The largest absolute Gasteiger partial charge is 0.481 e. The minimum atomic E-state index is -0.664. The molecule has 3 heteroatoms. The van der Waals surface area contributed by atoms with E-state index in [1.807, 2.05) is 0 Å². The first-order valence-electron chi connectivity index (χ1n) is 8.64. The molecule has 0 radical (unpaired) electrons. The maximum atomic E-state index is 10.3. The number of halogens is 1. The minimum Gasteiger partial charge on any atom is -0.481 e. The second-order valence-electron chi connectivity index (χ2n) is 5.73. The van der Waals surface area contributed by atoms with E-state index < -0.39 is 5.97 Å². The van der Waals surface area contributed by atoms with Gasteiger partial charge in [0.25, 0.3) is 0 Å². The van der Waals surface area contributed by atoms with Gasteiger partial charge in [0.15, 0.2) is 0 Å². The SMILES string of the molecule is CCCCCCCC/C=C\CCCCCCCC(=O)O.I. The molecule has 0 saturated carbocycles. The number of aliphatic carboxylic acids is 1. The van der Waals surface area contributed by atoms with Crippen LogP contribution in [0.3, 0.4) is 0 Å². The summed E-state index contributed by atoms with van der Waals surface area (Å²) < 4.78 is 0. The Morgan fingerprint density at radius 2 is 1.19 bits per heavy atom. The van der Waals surface area contributed by atoms with Gasteiger partial charge in [-0.05, 0) is 32.1 Å². The zero-order chi connectivity index (χ0) is 14.9. The lowest BCUT2D eigenvalue weighted by Gasteiger charge is -1.99. The molecular weight excluding hydrogens is 375 g/mol. The van der Waals surface area contributed by atoms with Crippen LogP contribution < -0.4 is 0 Å². The Balaban J connectivity index is 0. The van der Waals surface area contributed by atoms with Crippen molar-refractivity contribution in [3.05, 3.63) is 12.2 Å². The summed E-state index contributed by atoms with van der Waals surface area (Å²) >= 11 is 0. The van der Waals surface area contributed by atoms with Crippen LogP contribution in [-0.2, 0) is 4.79 Å². The van der Waals surface area contributed by atoms with Crippen molar-refractivity contribution < 1.29 is 9.90 Å². The molecule has 0 aromatic carbocycles. The van der Waals surface area contributed by atoms with E-state index in [1.54, 1.807) is 0 Å². The molecule has 21 heavy (non-hydrogen) atoms. The monoisotopic (exact) mass is 410 g/mol. The summed E-state index contributed by atoms with van der Waals surface area (Å²) in [5.41, 5.74) is 0. The Bertz CT molecular complexity index is 239. The van der Waals surface area contributed by atoms with Gasteiger partial charge in [-0.2, -0.15) is 0 Å². The van der Waals surface area contributed by atoms with Crippen LogP contribution in [0.4, 0.5) is 0 Å². The zero-order valence-electron chi connectivity index (χ0n) is 13.8. The van der Waals surface area contributed by atoms with Gasteiger partial charge in [0.2, 0.25) is 0 Å². The highest BCUT2D eigenvalue weighted by molar-refractivity contribution is 14.0. The van der Waals surface area contributed by atoms with E-state index in [0.717, 1.165) is 12.8 Å². The van der Waals surface area contributed by atoms with Crippen LogP contribution in [0, 0.1) is 0 Å². The number of allylic oxidation sites excluding steroid dienone is 2. The molecule has 0 unspecified atom stereocenters. The average Bonchev–Trinajstić information content (AvgIpc) is 2.43. The van der Waals surface area contributed by atoms with Gasteiger partial charge >= 0.3 is 5.97 Å². The third-order valence-electron chi connectivity index (χ3n) is 3.65. The lowest BCUT2D eigenvalue weighted by Crippen LogP contribution is -1.93. The lowest BCUT2D eigenvalue weighted by molar-refractivity contribution is -0.137. The maximum Gasteiger partial charge on any atom is 0.303 e. The van der Waals surface area contributed by atoms with Gasteiger partial charge in [-0.15, -0.1) is 24.0 Å². The fourth-order valence-electron chi connectivity index (χ4n) is 2.35. The van der Waals surface area contributed by atoms with Gasteiger partial charge in [0.1, 0.15) is 0 Å². The van der Waals surface area contributed by atoms with Crippen LogP contribution in [0.15, 0.2) is 12.2 Å². The molecule has 0 atom stereocenters. The number of unbranched alkanes of at least 4 members (excludes halogenated alkanes) is 11. The van der Waals surface area contributed by atoms with E-state index in [2.05, 4.69) is 19.1 Å². The molecule has 0 bridgehead atoms. The molecule has 0 rings (SSSR count). The molecule has 1 N–H and O–H groups in total. The van der Waals surface area contributed by atoms with Crippen molar-refractivity contribution in [1.29, 1.82) is 0 Å². The van der Waals surface area contributed by atoms with Gasteiger partial charge < -0.3 is 5.11 Å². The lowest BCUT2D eigenvalue weighted by atomic mass is 10.1. The fourth-order valence-corrected chi connectivity index (χ4v) is 2.35. The number of carbonyl (C=O) groups is 1. The van der Waals surface area contributed by atoms with Crippen molar-refractivity contribution in [2.24, 2.45) is 0 Å². The first-order valence-corrected chi connectivity index (χ1v) is 8.64. The van der Waals surface area contributed by atoms with Gasteiger partial charge in [-0.3, -0.25) is 4.79 Å². The summed E-state index contributed by atoms with van der Waals surface area (Å²) in [6, 6.07) is 0. The van der Waals surface area contributed by atoms with Crippen molar-refractivity contribution in [3.8, 4) is 0 Å². The number of hydrogen-bond acceptors (Lipinski definition) is 1. The van der Waals surface area contributed by atoms with Crippen molar-refractivity contribution in [3.63, 3.8) is 0 Å². The number of hydrogen-bond donors (Lipinski definition) is 1. The molecule has 0 aliphatic heterocycles. The highest BCUT2D eigenvalue weighted by Gasteiger charge is 1.95. The van der Waals surface area contributed by atoms with E-state index in [9.17, 15) is 4.79 Å². The second-order valence-corrected chi connectivity index (χ2v) is 5.73. The maximum absolute atomic E-state index is 10.3. The third kappa shape index (κ3) is 22.4. The first kappa shape index (κ1) is 23.2. The summed E-state index contributed by atoms with van der Waals surface area (Å²) in [6.45, 7) is 2.26. The summed E-state index contributed by atoms with van der Waals surface area (Å²) in [6.07, 6.45) is 21.2. The molecule has 0 aromatic rings. The van der Waals surface area contributed by atoms with E-state index in [-0.39, 0.29) is 24.0 Å². The number of carboxylic acids is 1. The van der Waals surface area contributed by atoms with Crippen molar-refractivity contribution >= 4 is 29.9 Å². The molecule has 0 spiro atoms. The predicted octanol–water partition coefficient (Wildman–Crippen LogP) is 6.73. The number of carboxylic acid groups (broad SMARTS) is 1. The number of rotatable bonds is 15. The highest BCUT2D eigenvalue weighted by atomic mass is 127. The molecule has 2 nitrogen and oxygen atoms in total. The van der Waals surface area contributed by atoms with Gasteiger partial charge in [0.05, 0.1) is 0 Å². The highest BCUT2D eigenvalue weighted by Crippen LogP contribution is 2.09. The van der Waals surface area contributed by atoms with E-state index >= 15 is 0 Å². The van der Waals surface area contributed by atoms with Crippen molar-refractivity contribution in [2.45, 2.75) is 96.8 Å². The second kappa shape index (κ2) is 19.9. The normalized spacial score (nSPS) is 10.7. The molecule has 126 valence electrons. The Morgan fingerprint density at radius 1 is 0.762 bits per heavy atom. The molecule has 0 saturated heterocycles. The van der Waals surface area contributed by atoms with E-state index in [0.29, 0.717) is 6.42 Å². The van der Waals surface area contributed by atoms with Crippen LogP contribution >= 0.6 is 24.0 Å². The molecule has 0 aromatic heterocycles. The van der Waals surface area contributed by atoms with Crippen LogP contribution in [0.1, 0.15) is 96.8 Å². The first-order chi connectivity index (χ1) is 9.77. The Morgan fingerprint density at radius 3 is 1.67 bits per heavy atom. The average molecular weight is 410 g/mol. The summed E-state index contributed by atoms with van der Waals surface area (Å²) in [5, 5.41) is 8.51. The van der Waals surface area contributed by atoms with Crippen molar-refractivity contribution in [2.75, 3.05) is 0 Å². The summed E-state index contributed by atoms with van der Waals surface area (Å²) in [7, 11) is 0. The smallest absolute Gasteiger partial charge is 0.303 e. The van der Waals surface area contributed by atoms with Gasteiger partial charge in [-0.25, -0.2) is 0 Å². The fraction of sp³-hybridized carbons (Fsp3) is 0.833. The van der Waals surface area contributed by atoms with E-state index in [1.165, 1.54) is 70.6 Å². The molecule has 0 heterocycles. The van der Waals surface area contributed by atoms with Gasteiger partial charge in [0, 0.05) is 6.42 Å². The standard InChI is InChI=1S/C18H34O2.HI/c1-2-3-4-5-6-7-8-9-10-11-12-13-14-15-16-17-18(19)20;/h9-10H,2-8,11-17H2,1H3,(H,19,20);1H/b10-9-;. The molecule has 0 aliphatic rings. The van der Waals surface area contributed by atoms with E-state index in [4.69, 9.17) is 5.11 Å². The molecule has 0 amide bonds. The minimum absolute atomic E-state index is 0. The molecule has 0 fully saturated rings. The van der Waals surface area contributed by atoms with Crippen LogP contribution in [0.5, 0.6) is 0 Å².